The van der Waals surface area contributed by atoms with Crippen molar-refractivity contribution in [1.82, 2.24) is 5.32 Å². The Labute approximate surface area is 112 Å². The van der Waals surface area contributed by atoms with Gasteiger partial charge in [0, 0.05) is 18.7 Å². The summed E-state index contributed by atoms with van der Waals surface area (Å²) in [5, 5.41) is 16.5. The van der Waals surface area contributed by atoms with Crippen LogP contribution in [0, 0.1) is 10.1 Å². The predicted molar refractivity (Wildman–Crippen MR) is 74.5 cm³/mol. The summed E-state index contributed by atoms with van der Waals surface area (Å²) in [6.07, 6.45) is 0.766. The summed E-state index contributed by atoms with van der Waals surface area (Å²) < 4.78 is 0. The third-order valence-electron chi connectivity index (χ3n) is 3.07. The zero-order valence-corrected chi connectivity index (χ0v) is 11.6. The van der Waals surface area contributed by atoms with Gasteiger partial charge in [0.2, 0.25) is 0 Å². The maximum Gasteiger partial charge on any atom is 0.293 e. The van der Waals surface area contributed by atoms with E-state index in [1.165, 1.54) is 12.1 Å². The van der Waals surface area contributed by atoms with E-state index >= 15 is 0 Å². The normalized spacial score (nSPS) is 10.9. The molecule has 0 atom stereocenters. The van der Waals surface area contributed by atoms with Gasteiger partial charge in [0.15, 0.2) is 0 Å². The molecule has 6 heteroatoms. The topological polar surface area (TPSA) is 84.3 Å². The van der Waals surface area contributed by atoms with Crippen molar-refractivity contribution >= 4 is 17.3 Å². The lowest BCUT2D eigenvalue weighted by atomic mass is 10.0. The lowest BCUT2D eigenvalue weighted by Gasteiger charge is -2.25. The Balaban J connectivity index is 3.17. The van der Waals surface area contributed by atoms with Gasteiger partial charge >= 0.3 is 0 Å². The molecule has 0 aliphatic rings. The van der Waals surface area contributed by atoms with Crippen LogP contribution in [0.3, 0.4) is 0 Å². The molecule has 1 amide bonds. The summed E-state index contributed by atoms with van der Waals surface area (Å²) in [4.78, 5) is 22.6. The SMILES string of the molecule is CCC(C)(C)NC(=O)c1cccc([N+](=O)[O-])c1NC. The fourth-order valence-electron chi connectivity index (χ4n) is 1.61. The number of nitro benzene ring substituents is 1. The van der Waals surface area contributed by atoms with Crippen LogP contribution in [0.1, 0.15) is 37.6 Å². The van der Waals surface area contributed by atoms with Gasteiger partial charge in [-0.2, -0.15) is 0 Å². The van der Waals surface area contributed by atoms with E-state index in [9.17, 15) is 14.9 Å². The van der Waals surface area contributed by atoms with E-state index in [4.69, 9.17) is 0 Å². The van der Waals surface area contributed by atoms with Gasteiger partial charge in [0.05, 0.1) is 10.5 Å². The van der Waals surface area contributed by atoms with E-state index in [1.807, 2.05) is 20.8 Å². The molecular weight excluding hydrogens is 246 g/mol. The summed E-state index contributed by atoms with van der Waals surface area (Å²) in [6.45, 7) is 5.77. The number of nitrogens with one attached hydrogen (secondary N) is 2. The van der Waals surface area contributed by atoms with Gasteiger partial charge in [-0.1, -0.05) is 13.0 Å². The smallest absolute Gasteiger partial charge is 0.293 e. The van der Waals surface area contributed by atoms with Crippen molar-refractivity contribution in [3.63, 3.8) is 0 Å². The molecule has 0 fully saturated rings. The van der Waals surface area contributed by atoms with Crippen LogP contribution in [-0.2, 0) is 0 Å². The molecule has 0 saturated heterocycles. The molecular formula is C13H19N3O3. The quantitative estimate of drug-likeness (QED) is 0.633. The maximum atomic E-state index is 12.2. The number of hydrogen-bond donors (Lipinski definition) is 2. The van der Waals surface area contributed by atoms with Gasteiger partial charge in [0.1, 0.15) is 5.69 Å². The van der Waals surface area contributed by atoms with E-state index in [1.54, 1.807) is 13.1 Å². The highest BCUT2D eigenvalue weighted by Gasteiger charge is 2.24. The Morgan fingerprint density at radius 1 is 1.42 bits per heavy atom. The molecule has 104 valence electrons. The second-order valence-electron chi connectivity index (χ2n) is 4.90. The molecule has 0 aromatic heterocycles. The molecule has 0 spiro atoms. The van der Waals surface area contributed by atoms with Crippen LogP contribution in [0.5, 0.6) is 0 Å². The first-order chi connectivity index (χ1) is 8.82. The largest absolute Gasteiger partial charge is 0.382 e. The minimum atomic E-state index is -0.506. The molecule has 0 radical (unpaired) electrons. The van der Waals surface area contributed by atoms with Crippen molar-refractivity contribution < 1.29 is 9.72 Å². The van der Waals surface area contributed by atoms with Crippen LogP contribution in [0.15, 0.2) is 18.2 Å². The summed E-state index contributed by atoms with van der Waals surface area (Å²) in [7, 11) is 1.56. The molecule has 1 aromatic carbocycles. The molecule has 0 heterocycles. The number of rotatable bonds is 5. The highest BCUT2D eigenvalue weighted by molar-refractivity contribution is 6.01. The Bertz CT molecular complexity index is 498. The number of hydrogen-bond acceptors (Lipinski definition) is 4. The number of benzene rings is 1. The zero-order valence-electron chi connectivity index (χ0n) is 11.6. The first kappa shape index (κ1) is 14.9. The monoisotopic (exact) mass is 265 g/mol. The fourth-order valence-corrected chi connectivity index (χ4v) is 1.61. The van der Waals surface area contributed by atoms with Gasteiger partial charge < -0.3 is 10.6 Å². The van der Waals surface area contributed by atoms with Crippen LogP contribution in [0.4, 0.5) is 11.4 Å². The Morgan fingerprint density at radius 2 is 2.05 bits per heavy atom. The number of nitrogens with zero attached hydrogens (tertiary/aromatic N) is 1. The van der Waals surface area contributed by atoms with Crippen LogP contribution in [0.25, 0.3) is 0 Å². The first-order valence-corrected chi connectivity index (χ1v) is 6.10. The van der Waals surface area contributed by atoms with Gasteiger partial charge in [-0.3, -0.25) is 14.9 Å². The van der Waals surface area contributed by atoms with Crippen molar-refractivity contribution in [2.45, 2.75) is 32.7 Å². The molecule has 0 aliphatic carbocycles. The zero-order chi connectivity index (χ0) is 14.6. The van der Waals surface area contributed by atoms with Gasteiger partial charge in [-0.25, -0.2) is 0 Å². The molecule has 0 aliphatic heterocycles. The average molecular weight is 265 g/mol. The number of para-hydroxylation sites is 1. The molecule has 1 aromatic rings. The Morgan fingerprint density at radius 3 is 2.53 bits per heavy atom. The Kier molecular flexibility index (Phi) is 4.47. The number of carbonyl (C=O) groups is 1. The summed E-state index contributed by atoms with van der Waals surface area (Å²) in [6, 6.07) is 4.44. The lowest BCUT2D eigenvalue weighted by molar-refractivity contribution is -0.384. The standard InChI is InChI=1S/C13H19N3O3/c1-5-13(2,3)15-12(17)9-7-6-8-10(16(18)19)11(9)14-4/h6-8,14H,5H2,1-4H3,(H,15,17). The third kappa shape index (κ3) is 3.43. The number of nitro groups is 1. The van der Waals surface area contributed by atoms with Crippen molar-refractivity contribution in [2.75, 3.05) is 12.4 Å². The van der Waals surface area contributed by atoms with Crippen LogP contribution in [0.2, 0.25) is 0 Å². The molecule has 6 nitrogen and oxygen atoms in total. The van der Waals surface area contributed by atoms with Gasteiger partial charge in [-0.15, -0.1) is 0 Å². The summed E-state index contributed by atoms with van der Waals surface area (Å²) in [5.74, 6) is -0.320. The fraction of sp³-hybridized carbons (Fsp3) is 0.462. The van der Waals surface area contributed by atoms with E-state index in [2.05, 4.69) is 10.6 Å². The van der Waals surface area contributed by atoms with Crippen LogP contribution < -0.4 is 10.6 Å². The predicted octanol–water partition coefficient (Wildman–Crippen LogP) is 2.55. The van der Waals surface area contributed by atoms with Crippen LogP contribution in [-0.4, -0.2) is 23.4 Å². The molecule has 19 heavy (non-hydrogen) atoms. The van der Waals surface area contributed by atoms with Gasteiger partial charge in [-0.05, 0) is 26.3 Å². The van der Waals surface area contributed by atoms with Crippen molar-refractivity contribution in [3.8, 4) is 0 Å². The molecule has 0 saturated carbocycles. The molecule has 0 unspecified atom stereocenters. The maximum absolute atomic E-state index is 12.2. The van der Waals surface area contributed by atoms with Crippen LogP contribution >= 0.6 is 0 Å². The van der Waals surface area contributed by atoms with Crippen molar-refractivity contribution in [3.05, 3.63) is 33.9 Å². The number of anilines is 1. The second-order valence-corrected chi connectivity index (χ2v) is 4.90. The molecule has 1 rings (SSSR count). The first-order valence-electron chi connectivity index (χ1n) is 6.10. The number of amides is 1. The van der Waals surface area contributed by atoms with E-state index in [0.717, 1.165) is 6.42 Å². The number of carbonyl (C=O) groups excluding carboxylic acids is 1. The molecule has 2 N–H and O–H groups in total. The minimum absolute atomic E-state index is 0.107. The van der Waals surface area contributed by atoms with Crippen molar-refractivity contribution in [1.29, 1.82) is 0 Å². The molecule has 0 bridgehead atoms. The highest BCUT2D eigenvalue weighted by atomic mass is 16.6. The highest BCUT2D eigenvalue weighted by Crippen LogP contribution is 2.28. The minimum Gasteiger partial charge on any atom is -0.382 e. The van der Waals surface area contributed by atoms with E-state index < -0.39 is 4.92 Å². The lowest BCUT2D eigenvalue weighted by Crippen LogP contribution is -2.43. The van der Waals surface area contributed by atoms with Crippen molar-refractivity contribution in [2.24, 2.45) is 0 Å². The van der Waals surface area contributed by atoms with Gasteiger partial charge in [0.25, 0.3) is 11.6 Å². The third-order valence-corrected chi connectivity index (χ3v) is 3.07. The Hall–Kier alpha value is -2.11. The van der Waals surface area contributed by atoms with E-state index in [-0.39, 0.29) is 28.4 Å². The second kappa shape index (κ2) is 5.69. The van der Waals surface area contributed by atoms with E-state index in [0.29, 0.717) is 0 Å². The average Bonchev–Trinajstić information content (AvgIpc) is 2.37. The summed E-state index contributed by atoms with van der Waals surface area (Å²) >= 11 is 0. The summed E-state index contributed by atoms with van der Waals surface area (Å²) in [5.41, 5.74) is 0.0479.